The highest BCUT2D eigenvalue weighted by Gasteiger charge is 2.20. The number of nitrogens with one attached hydrogen (secondary N) is 2. The van der Waals surface area contributed by atoms with Crippen molar-refractivity contribution < 1.29 is 8.42 Å². The molecule has 4 nitrogen and oxygen atoms in total. The van der Waals surface area contributed by atoms with E-state index in [4.69, 9.17) is 0 Å². The molecule has 1 heterocycles. The highest BCUT2D eigenvalue weighted by atomic mass is 35.5. The Hall–Kier alpha value is -0.620. The minimum Gasteiger partial charge on any atom is -0.317 e. The lowest BCUT2D eigenvalue weighted by molar-refractivity contribution is 0.427. The summed E-state index contributed by atoms with van der Waals surface area (Å²) < 4.78 is 26.7. The van der Waals surface area contributed by atoms with Crippen LogP contribution in [0.4, 0.5) is 0 Å². The molecule has 6 heteroatoms. The first-order valence-electron chi connectivity index (χ1n) is 5.46. The van der Waals surface area contributed by atoms with Crippen LogP contribution in [-0.4, -0.2) is 27.5 Å². The van der Waals surface area contributed by atoms with Crippen molar-refractivity contribution in [3.05, 3.63) is 30.3 Å². The van der Waals surface area contributed by atoms with Crippen molar-refractivity contribution in [3.8, 4) is 0 Å². The summed E-state index contributed by atoms with van der Waals surface area (Å²) in [6.07, 6.45) is 1.71. The summed E-state index contributed by atoms with van der Waals surface area (Å²) in [4.78, 5) is 0.341. The topological polar surface area (TPSA) is 58.2 Å². The molecular weight excluding hydrogens is 260 g/mol. The van der Waals surface area contributed by atoms with Crippen LogP contribution in [0.5, 0.6) is 0 Å². The standard InChI is InChI=1S/C11H16N2O2S.ClH/c14-16(15,11-4-2-1-3-5-11)13-10-6-8-12-9-7-10;/h1-5,10,12-13H,6-9H2;1H. The van der Waals surface area contributed by atoms with Crippen LogP contribution in [-0.2, 0) is 10.0 Å². The van der Waals surface area contributed by atoms with E-state index in [0.717, 1.165) is 25.9 Å². The lowest BCUT2D eigenvalue weighted by Gasteiger charge is -2.23. The Balaban J connectivity index is 0.00000144. The highest BCUT2D eigenvalue weighted by molar-refractivity contribution is 7.89. The van der Waals surface area contributed by atoms with Crippen LogP contribution >= 0.6 is 12.4 Å². The van der Waals surface area contributed by atoms with Crippen molar-refractivity contribution in [3.63, 3.8) is 0 Å². The van der Waals surface area contributed by atoms with Crippen LogP contribution in [0.3, 0.4) is 0 Å². The maximum absolute atomic E-state index is 12.0. The summed E-state index contributed by atoms with van der Waals surface area (Å²) in [5.41, 5.74) is 0. The molecule has 1 saturated heterocycles. The van der Waals surface area contributed by atoms with E-state index >= 15 is 0 Å². The number of benzene rings is 1. The molecule has 1 fully saturated rings. The summed E-state index contributed by atoms with van der Waals surface area (Å²) in [5.74, 6) is 0. The number of piperidine rings is 1. The fraction of sp³-hybridized carbons (Fsp3) is 0.455. The molecular formula is C11H17ClN2O2S. The molecule has 2 N–H and O–H groups in total. The van der Waals surface area contributed by atoms with Crippen LogP contribution in [0.2, 0.25) is 0 Å². The van der Waals surface area contributed by atoms with Crippen molar-refractivity contribution in [1.82, 2.24) is 10.0 Å². The van der Waals surface area contributed by atoms with Gasteiger partial charge in [0.05, 0.1) is 4.90 Å². The van der Waals surface area contributed by atoms with E-state index < -0.39 is 10.0 Å². The largest absolute Gasteiger partial charge is 0.317 e. The summed E-state index contributed by atoms with van der Waals surface area (Å²) in [5, 5.41) is 3.21. The van der Waals surface area contributed by atoms with Crippen molar-refractivity contribution in [1.29, 1.82) is 0 Å². The molecule has 1 aliphatic heterocycles. The molecule has 0 unspecified atom stereocenters. The third-order valence-corrected chi connectivity index (χ3v) is 4.25. The van der Waals surface area contributed by atoms with Crippen molar-refractivity contribution >= 4 is 22.4 Å². The van der Waals surface area contributed by atoms with Crippen LogP contribution in [0.1, 0.15) is 12.8 Å². The van der Waals surface area contributed by atoms with Gasteiger partial charge < -0.3 is 5.32 Å². The Bertz CT molecular complexity index is 430. The smallest absolute Gasteiger partial charge is 0.240 e. The molecule has 2 rings (SSSR count). The second-order valence-electron chi connectivity index (χ2n) is 3.96. The van der Waals surface area contributed by atoms with E-state index in [2.05, 4.69) is 10.0 Å². The predicted molar refractivity (Wildman–Crippen MR) is 69.9 cm³/mol. The van der Waals surface area contributed by atoms with Gasteiger partial charge in [-0.1, -0.05) is 18.2 Å². The quantitative estimate of drug-likeness (QED) is 0.870. The second-order valence-corrected chi connectivity index (χ2v) is 5.67. The Morgan fingerprint density at radius 3 is 2.29 bits per heavy atom. The summed E-state index contributed by atoms with van der Waals surface area (Å²) in [7, 11) is -3.34. The Kier molecular flexibility index (Phi) is 5.39. The summed E-state index contributed by atoms with van der Waals surface area (Å²) in [6.45, 7) is 1.75. The van der Waals surface area contributed by atoms with Gasteiger partial charge in [0.25, 0.3) is 0 Å². The zero-order chi connectivity index (χ0) is 11.4. The number of halogens is 1. The third kappa shape index (κ3) is 3.96. The predicted octanol–water partition coefficient (Wildman–Crippen LogP) is 1.14. The molecule has 17 heavy (non-hydrogen) atoms. The lowest BCUT2D eigenvalue weighted by atomic mass is 10.1. The molecule has 1 aromatic rings. The fourth-order valence-electron chi connectivity index (χ4n) is 1.83. The molecule has 96 valence electrons. The van der Waals surface area contributed by atoms with Gasteiger partial charge in [0.2, 0.25) is 10.0 Å². The maximum Gasteiger partial charge on any atom is 0.240 e. The molecule has 0 aliphatic carbocycles. The maximum atomic E-state index is 12.0. The van der Waals surface area contributed by atoms with Crippen molar-refractivity contribution in [2.45, 2.75) is 23.8 Å². The van der Waals surface area contributed by atoms with Gasteiger partial charge in [-0.3, -0.25) is 0 Å². The second kappa shape index (κ2) is 6.35. The highest BCUT2D eigenvalue weighted by Crippen LogP contribution is 2.11. The minimum atomic E-state index is -3.34. The van der Waals surface area contributed by atoms with E-state index in [1.807, 2.05) is 6.07 Å². The Labute approximate surface area is 108 Å². The monoisotopic (exact) mass is 276 g/mol. The molecule has 0 amide bonds. The SMILES string of the molecule is Cl.O=S(=O)(NC1CCNCC1)c1ccccc1. The molecule has 0 saturated carbocycles. The molecule has 1 aromatic carbocycles. The van der Waals surface area contributed by atoms with E-state index in [1.54, 1.807) is 24.3 Å². The fourth-order valence-corrected chi connectivity index (χ4v) is 3.15. The zero-order valence-corrected chi connectivity index (χ0v) is 11.1. The van der Waals surface area contributed by atoms with Gasteiger partial charge in [-0.25, -0.2) is 13.1 Å². The number of hydrogen-bond donors (Lipinski definition) is 2. The summed E-state index contributed by atoms with van der Waals surface area (Å²) in [6, 6.07) is 8.57. The van der Waals surface area contributed by atoms with Gasteiger partial charge in [0.15, 0.2) is 0 Å². The van der Waals surface area contributed by atoms with E-state index in [-0.39, 0.29) is 18.4 Å². The van der Waals surface area contributed by atoms with Crippen LogP contribution in [0, 0.1) is 0 Å². The number of sulfonamides is 1. The first-order chi connectivity index (χ1) is 7.68. The van der Waals surface area contributed by atoms with Gasteiger partial charge in [0, 0.05) is 6.04 Å². The van der Waals surface area contributed by atoms with Crippen LogP contribution < -0.4 is 10.0 Å². The Morgan fingerprint density at radius 1 is 1.12 bits per heavy atom. The van der Waals surface area contributed by atoms with Crippen molar-refractivity contribution in [2.75, 3.05) is 13.1 Å². The van der Waals surface area contributed by atoms with Gasteiger partial charge in [-0.2, -0.15) is 0 Å². The van der Waals surface area contributed by atoms with E-state index in [1.165, 1.54) is 0 Å². The molecule has 1 aliphatic rings. The zero-order valence-electron chi connectivity index (χ0n) is 9.43. The van der Waals surface area contributed by atoms with Crippen LogP contribution in [0.25, 0.3) is 0 Å². The summed E-state index contributed by atoms with van der Waals surface area (Å²) >= 11 is 0. The Morgan fingerprint density at radius 2 is 1.71 bits per heavy atom. The molecule has 0 bridgehead atoms. The van der Waals surface area contributed by atoms with Gasteiger partial charge in [0.1, 0.15) is 0 Å². The first kappa shape index (κ1) is 14.4. The van der Waals surface area contributed by atoms with Crippen LogP contribution in [0.15, 0.2) is 35.2 Å². The minimum absolute atomic E-state index is 0. The van der Waals surface area contributed by atoms with Crippen molar-refractivity contribution in [2.24, 2.45) is 0 Å². The molecule has 0 spiro atoms. The first-order valence-corrected chi connectivity index (χ1v) is 6.95. The lowest BCUT2D eigenvalue weighted by Crippen LogP contribution is -2.42. The van der Waals surface area contributed by atoms with E-state index in [9.17, 15) is 8.42 Å². The molecule has 0 atom stereocenters. The van der Waals surface area contributed by atoms with Gasteiger partial charge >= 0.3 is 0 Å². The normalized spacial score (nSPS) is 17.4. The molecule has 0 aromatic heterocycles. The average Bonchev–Trinajstić information content (AvgIpc) is 2.31. The van der Waals surface area contributed by atoms with E-state index in [0.29, 0.717) is 4.90 Å². The number of hydrogen-bond acceptors (Lipinski definition) is 3. The number of rotatable bonds is 3. The van der Waals surface area contributed by atoms with Gasteiger partial charge in [-0.15, -0.1) is 12.4 Å². The van der Waals surface area contributed by atoms with Gasteiger partial charge in [-0.05, 0) is 38.1 Å². The molecule has 0 radical (unpaired) electrons. The third-order valence-electron chi connectivity index (χ3n) is 2.71. The average molecular weight is 277 g/mol.